The number of anilines is 1. The summed E-state index contributed by atoms with van der Waals surface area (Å²) in [6.07, 6.45) is 5.06. The average molecular weight is 383 g/mol. The number of piperidine rings is 1. The Labute approximate surface area is 166 Å². The maximum atomic E-state index is 12.5. The van der Waals surface area contributed by atoms with Gasteiger partial charge in [0.2, 0.25) is 5.91 Å². The van der Waals surface area contributed by atoms with E-state index in [1.54, 1.807) is 0 Å². The van der Waals surface area contributed by atoms with Crippen LogP contribution in [0.4, 0.5) is 10.5 Å². The van der Waals surface area contributed by atoms with Gasteiger partial charge in [0.1, 0.15) is 5.54 Å². The standard InChI is InChI=1S/C21H29N5O2/c1-21(15-22,16-10-11-16)25-19(27)14-26-12-6-5-9-18(26)13-23-20(28)24-17-7-3-2-4-8-17/h2-4,7-8,16,18H,5-6,9-14H2,1H3,(H,25,27)(H2,23,24,28). The van der Waals surface area contributed by atoms with E-state index in [0.29, 0.717) is 6.54 Å². The number of hydrogen-bond donors (Lipinski definition) is 3. The molecule has 1 aromatic rings. The zero-order valence-electron chi connectivity index (χ0n) is 16.4. The van der Waals surface area contributed by atoms with E-state index >= 15 is 0 Å². The summed E-state index contributed by atoms with van der Waals surface area (Å²) in [5.74, 6) is 0.151. The number of benzene rings is 1. The van der Waals surface area contributed by atoms with Gasteiger partial charge < -0.3 is 16.0 Å². The minimum atomic E-state index is -0.768. The quantitative estimate of drug-likeness (QED) is 0.674. The molecule has 28 heavy (non-hydrogen) atoms. The topological polar surface area (TPSA) is 97.3 Å². The molecule has 150 valence electrons. The molecule has 3 N–H and O–H groups in total. The number of nitrogens with one attached hydrogen (secondary N) is 3. The van der Waals surface area contributed by atoms with Crippen LogP contribution in [0.5, 0.6) is 0 Å². The fourth-order valence-corrected chi connectivity index (χ4v) is 3.80. The first kappa shape index (κ1) is 20.2. The van der Waals surface area contributed by atoms with Crippen molar-refractivity contribution in [3.63, 3.8) is 0 Å². The zero-order valence-corrected chi connectivity index (χ0v) is 16.4. The van der Waals surface area contributed by atoms with Crippen LogP contribution in [-0.2, 0) is 4.79 Å². The summed E-state index contributed by atoms with van der Waals surface area (Å²) in [7, 11) is 0. The molecule has 2 atom stereocenters. The SMILES string of the molecule is CC(C#N)(NC(=O)CN1CCCCC1CNC(=O)Nc1ccccc1)C1CC1. The van der Waals surface area contributed by atoms with Gasteiger partial charge in [0, 0.05) is 18.3 Å². The van der Waals surface area contributed by atoms with Crippen molar-refractivity contribution in [3.8, 4) is 6.07 Å². The van der Waals surface area contributed by atoms with Crippen LogP contribution in [-0.4, -0.2) is 48.1 Å². The van der Waals surface area contributed by atoms with E-state index in [1.807, 2.05) is 37.3 Å². The molecule has 1 heterocycles. The van der Waals surface area contributed by atoms with Crippen molar-refractivity contribution in [2.45, 2.75) is 50.6 Å². The molecule has 1 saturated heterocycles. The molecule has 1 aliphatic heterocycles. The molecule has 3 rings (SSSR count). The van der Waals surface area contributed by atoms with E-state index in [2.05, 4.69) is 26.9 Å². The second-order valence-electron chi connectivity index (χ2n) is 7.96. The Morgan fingerprint density at radius 3 is 2.64 bits per heavy atom. The highest BCUT2D eigenvalue weighted by atomic mass is 16.2. The number of likely N-dealkylation sites (tertiary alicyclic amines) is 1. The van der Waals surface area contributed by atoms with E-state index in [4.69, 9.17) is 0 Å². The summed E-state index contributed by atoms with van der Waals surface area (Å²) in [6.45, 7) is 3.39. The van der Waals surface area contributed by atoms with Crippen molar-refractivity contribution >= 4 is 17.6 Å². The van der Waals surface area contributed by atoms with Crippen LogP contribution in [0.15, 0.2) is 30.3 Å². The monoisotopic (exact) mass is 383 g/mol. The summed E-state index contributed by atoms with van der Waals surface area (Å²) in [6, 6.07) is 11.5. The number of carbonyl (C=O) groups excluding carboxylic acids is 2. The molecule has 0 bridgehead atoms. The summed E-state index contributed by atoms with van der Waals surface area (Å²) in [4.78, 5) is 26.8. The average Bonchev–Trinajstić information content (AvgIpc) is 3.54. The summed E-state index contributed by atoms with van der Waals surface area (Å²) in [5.41, 5.74) is -0.0216. The first-order chi connectivity index (χ1) is 13.5. The van der Waals surface area contributed by atoms with Crippen molar-refractivity contribution in [1.29, 1.82) is 5.26 Å². The molecular weight excluding hydrogens is 354 g/mol. The second kappa shape index (κ2) is 9.07. The van der Waals surface area contributed by atoms with Crippen molar-refractivity contribution in [1.82, 2.24) is 15.5 Å². The number of hydrogen-bond acceptors (Lipinski definition) is 4. The van der Waals surface area contributed by atoms with Crippen LogP contribution in [0.3, 0.4) is 0 Å². The second-order valence-corrected chi connectivity index (χ2v) is 7.96. The molecule has 1 saturated carbocycles. The number of nitriles is 1. The molecule has 0 aromatic heterocycles. The fraction of sp³-hybridized carbons (Fsp3) is 0.571. The molecule has 0 spiro atoms. The predicted octanol–water partition coefficient (Wildman–Crippen LogP) is 2.47. The number of urea groups is 1. The number of para-hydroxylation sites is 1. The molecule has 0 radical (unpaired) electrons. The summed E-state index contributed by atoms with van der Waals surface area (Å²) < 4.78 is 0. The van der Waals surface area contributed by atoms with E-state index < -0.39 is 5.54 Å². The van der Waals surface area contributed by atoms with Crippen LogP contribution in [0.2, 0.25) is 0 Å². The first-order valence-corrected chi connectivity index (χ1v) is 10.1. The van der Waals surface area contributed by atoms with Gasteiger partial charge in [-0.1, -0.05) is 24.6 Å². The van der Waals surface area contributed by atoms with Gasteiger partial charge in [-0.25, -0.2) is 4.79 Å². The highest BCUT2D eigenvalue weighted by Gasteiger charge is 2.43. The highest BCUT2D eigenvalue weighted by molar-refractivity contribution is 5.89. The molecule has 1 aliphatic carbocycles. The summed E-state index contributed by atoms with van der Waals surface area (Å²) in [5, 5.41) is 18.1. The highest BCUT2D eigenvalue weighted by Crippen LogP contribution is 2.39. The van der Waals surface area contributed by atoms with Gasteiger partial charge in [-0.2, -0.15) is 5.26 Å². The van der Waals surface area contributed by atoms with Gasteiger partial charge in [0.15, 0.2) is 0 Å². The Hall–Kier alpha value is -2.59. The molecule has 2 aliphatic rings. The number of amides is 3. The maximum Gasteiger partial charge on any atom is 0.319 e. The lowest BCUT2D eigenvalue weighted by molar-refractivity contribution is -0.124. The number of carbonyl (C=O) groups is 2. The number of rotatable bonds is 7. The van der Waals surface area contributed by atoms with E-state index in [9.17, 15) is 14.9 Å². The smallest absolute Gasteiger partial charge is 0.319 e. The molecular formula is C21H29N5O2. The van der Waals surface area contributed by atoms with E-state index in [0.717, 1.165) is 44.3 Å². The van der Waals surface area contributed by atoms with Gasteiger partial charge in [0.25, 0.3) is 0 Å². The minimum Gasteiger partial charge on any atom is -0.337 e. The first-order valence-electron chi connectivity index (χ1n) is 10.1. The lowest BCUT2D eigenvalue weighted by Gasteiger charge is -2.36. The Kier molecular flexibility index (Phi) is 6.53. The van der Waals surface area contributed by atoms with Crippen molar-refractivity contribution in [2.24, 2.45) is 5.92 Å². The summed E-state index contributed by atoms with van der Waals surface area (Å²) >= 11 is 0. The molecule has 7 nitrogen and oxygen atoms in total. The third-order valence-electron chi connectivity index (χ3n) is 5.65. The van der Waals surface area contributed by atoms with Crippen LogP contribution in [0.25, 0.3) is 0 Å². The van der Waals surface area contributed by atoms with Crippen LogP contribution in [0.1, 0.15) is 39.0 Å². The third kappa shape index (κ3) is 5.46. The lowest BCUT2D eigenvalue weighted by Crippen LogP contribution is -2.54. The van der Waals surface area contributed by atoms with Crippen molar-refractivity contribution in [2.75, 3.05) is 25.0 Å². The molecule has 3 amide bonds. The lowest BCUT2D eigenvalue weighted by atomic mass is 9.97. The van der Waals surface area contributed by atoms with E-state index in [-0.39, 0.29) is 30.4 Å². The Bertz CT molecular complexity index is 728. The van der Waals surface area contributed by atoms with Crippen LogP contribution >= 0.6 is 0 Å². The van der Waals surface area contributed by atoms with Crippen LogP contribution < -0.4 is 16.0 Å². The van der Waals surface area contributed by atoms with Gasteiger partial charge in [0.05, 0.1) is 12.6 Å². The fourth-order valence-electron chi connectivity index (χ4n) is 3.80. The molecule has 2 unspecified atom stereocenters. The maximum absolute atomic E-state index is 12.5. The van der Waals surface area contributed by atoms with Gasteiger partial charge in [-0.15, -0.1) is 0 Å². The molecule has 2 fully saturated rings. The van der Waals surface area contributed by atoms with Crippen molar-refractivity contribution in [3.05, 3.63) is 30.3 Å². The Morgan fingerprint density at radius 2 is 1.96 bits per heavy atom. The van der Waals surface area contributed by atoms with Gasteiger partial charge >= 0.3 is 6.03 Å². The molecule has 1 aromatic carbocycles. The Morgan fingerprint density at radius 1 is 1.21 bits per heavy atom. The van der Waals surface area contributed by atoms with Gasteiger partial charge in [-0.05, 0) is 57.2 Å². The largest absolute Gasteiger partial charge is 0.337 e. The minimum absolute atomic E-state index is 0.114. The number of nitrogens with zero attached hydrogens (tertiary/aromatic N) is 2. The third-order valence-corrected chi connectivity index (χ3v) is 5.65. The zero-order chi connectivity index (χ0) is 20.0. The molecule has 7 heteroatoms. The van der Waals surface area contributed by atoms with E-state index in [1.165, 1.54) is 0 Å². The van der Waals surface area contributed by atoms with Gasteiger partial charge in [-0.3, -0.25) is 9.69 Å². The predicted molar refractivity (Wildman–Crippen MR) is 108 cm³/mol. The van der Waals surface area contributed by atoms with Crippen LogP contribution in [0, 0.1) is 17.2 Å². The normalized spacial score (nSPS) is 21.8. The van der Waals surface area contributed by atoms with Crippen molar-refractivity contribution < 1.29 is 9.59 Å². The Balaban J connectivity index is 1.48.